The van der Waals surface area contributed by atoms with Crippen molar-refractivity contribution < 1.29 is 25.3 Å². The Balaban J connectivity index is 2.71. The number of oxime groups is 1. The second-order valence-electron chi connectivity index (χ2n) is 8.82. The van der Waals surface area contributed by atoms with Crippen LogP contribution in [0.15, 0.2) is 29.5 Å². The second kappa shape index (κ2) is 12.8. The van der Waals surface area contributed by atoms with Gasteiger partial charge in [-0.1, -0.05) is 69.5 Å². The standard InChI is InChI=1S/C23H39NO5/c1-4-5-10-15-23(2,3)21(26)14-13-17-18(20(25)16-19(17)24-29)11-8-6-7-9-12-22(27)28/h6,8,13-14,17-18,20-21,25-26,29H,4-5,7,9-12,15-16H2,1-3H3,(H,27,28)/b8-6-,14-13+,24-19-/t17-,18-,20+,21-/m1/s1. The molecule has 29 heavy (non-hydrogen) atoms. The minimum atomic E-state index is -0.796. The van der Waals surface area contributed by atoms with E-state index in [1.165, 1.54) is 0 Å². The van der Waals surface area contributed by atoms with E-state index in [0.717, 1.165) is 25.7 Å². The van der Waals surface area contributed by atoms with Crippen LogP contribution >= 0.6 is 0 Å². The van der Waals surface area contributed by atoms with Crippen LogP contribution in [0.2, 0.25) is 0 Å². The molecule has 0 radical (unpaired) electrons. The van der Waals surface area contributed by atoms with E-state index in [9.17, 15) is 20.2 Å². The predicted molar refractivity (Wildman–Crippen MR) is 115 cm³/mol. The monoisotopic (exact) mass is 409 g/mol. The first kappa shape index (κ1) is 25.4. The topological polar surface area (TPSA) is 110 Å². The summed E-state index contributed by atoms with van der Waals surface area (Å²) in [6, 6.07) is 0. The van der Waals surface area contributed by atoms with E-state index < -0.39 is 18.2 Å². The average Bonchev–Trinajstić information content (AvgIpc) is 2.97. The first-order valence-corrected chi connectivity index (χ1v) is 10.8. The van der Waals surface area contributed by atoms with Crippen LogP contribution in [0.5, 0.6) is 0 Å². The predicted octanol–water partition coefficient (Wildman–Crippen LogP) is 4.54. The Morgan fingerprint density at radius 2 is 2.00 bits per heavy atom. The first-order chi connectivity index (χ1) is 13.7. The number of carbonyl (C=O) groups is 1. The summed E-state index contributed by atoms with van der Waals surface area (Å²) in [5.41, 5.74) is 0.299. The molecule has 1 aliphatic rings. The Hall–Kier alpha value is -1.66. The molecule has 0 aromatic heterocycles. The number of unbranched alkanes of at least 4 members (excludes halogenated alkanes) is 3. The van der Waals surface area contributed by atoms with Crippen molar-refractivity contribution in [1.29, 1.82) is 0 Å². The first-order valence-electron chi connectivity index (χ1n) is 10.8. The number of hydrogen-bond donors (Lipinski definition) is 4. The number of carboxylic acid groups (broad SMARTS) is 1. The van der Waals surface area contributed by atoms with Crippen LogP contribution in [0.1, 0.15) is 78.6 Å². The second-order valence-corrected chi connectivity index (χ2v) is 8.82. The van der Waals surface area contributed by atoms with E-state index in [4.69, 9.17) is 5.11 Å². The average molecular weight is 410 g/mol. The summed E-state index contributed by atoms with van der Waals surface area (Å²) in [4.78, 5) is 10.5. The lowest BCUT2D eigenvalue weighted by molar-refractivity contribution is -0.137. The summed E-state index contributed by atoms with van der Waals surface area (Å²) >= 11 is 0. The van der Waals surface area contributed by atoms with Gasteiger partial charge in [-0.2, -0.15) is 0 Å². The Bertz CT molecular complexity index is 582. The maximum atomic E-state index is 10.7. The maximum Gasteiger partial charge on any atom is 0.303 e. The fraction of sp³-hybridized carbons (Fsp3) is 0.739. The molecule has 0 aliphatic heterocycles. The Kier molecular flexibility index (Phi) is 11.2. The molecule has 0 aromatic rings. The van der Waals surface area contributed by atoms with E-state index in [2.05, 4.69) is 25.9 Å². The van der Waals surface area contributed by atoms with E-state index >= 15 is 0 Å². The largest absolute Gasteiger partial charge is 0.481 e. The minimum Gasteiger partial charge on any atom is -0.481 e. The number of rotatable bonds is 13. The molecule has 1 rings (SSSR count). The van der Waals surface area contributed by atoms with Crippen LogP contribution in [0.25, 0.3) is 0 Å². The third-order valence-electron chi connectivity index (χ3n) is 5.95. The number of allylic oxidation sites excluding steroid dienone is 3. The van der Waals surface area contributed by atoms with Gasteiger partial charge >= 0.3 is 5.97 Å². The Labute approximate surface area is 175 Å². The SMILES string of the molecule is CCCCCC(C)(C)[C@H](O)/C=C/[C@H]1/C(=N\O)C[C@H](O)[C@@H]1C/C=C\CCCC(=O)O. The molecule has 6 heteroatoms. The van der Waals surface area contributed by atoms with Crippen LogP contribution < -0.4 is 0 Å². The molecule has 166 valence electrons. The van der Waals surface area contributed by atoms with Gasteiger partial charge in [0.05, 0.1) is 17.9 Å². The lowest BCUT2D eigenvalue weighted by Crippen LogP contribution is -2.28. The normalized spacial score (nSPS) is 25.4. The summed E-state index contributed by atoms with van der Waals surface area (Å²) in [6.07, 6.45) is 13.0. The van der Waals surface area contributed by atoms with Crippen LogP contribution in [0.4, 0.5) is 0 Å². The van der Waals surface area contributed by atoms with Crippen molar-refractivity contribution >= 4 is 11.7 Å². The van der Waals surface area contributed by atoms with Gasteiger partial charge in [-0.15, -0.1) is 0 Å². The molecule has 0 spiro atoms. The number of carboxylic acids is 1. The molecule has 0 unspecified atom stereocenters. The lowest BCUT2D eigenvalue weighted by Gasteiger charge is -2.29. The number of hydrogen-bond acceptors (Lipinski definition) is 5. The third-order valence-corrected chi connectivity index (χ3v) is 5.95. The molecular weight excluding hydrogens is 370 g/mol. The smallest absolute Gasteiger partial charge is 0.303 e. The number of nitrogens with zero attached hydrogens (tertiary/aromatic N) is 1. The third kappa shape index (κ3) is 8.70. The van der Waals surface area contributed by atoms with Gasteiger partial charge in [0.25, 0.3) is 0 Å². The van der Waals surface area contributed by atoms with Gasteiger partial charge in [0.1, 0.15) is 0 Å². The highest BCUT2D eigenvalue weighted by Crippen LogP contribution is 2.35. The molecule has 1 aliphatic carbocycles. The highest BCUT2D eigenvalue weighted by atomic mass is 16.4. The fourth-order valence-electron chi connectivity index (χ4n) is 3.86. The zero-order valence-electron chi connectivity index (χ0n) is 18.1. The van der Waals surface area contributed by atoms with Crippen LogP contribution in [0.3, 0.4) is 0 Å². The summed E-state index contributed by atoms with van der Waals surface area (Å²) < 4.78 is 0. The van der Waals surface area contributed by atoms with E-state index in [1.807, 2.05) is 18.2 Å². The van der Waals surface area contributed by atoms with Gasteiger partial charge in [0, 0.05) is 24.7 Å². The quantitative estimate of drug-likeness (QED) is 0.154. The minimum absolute atomic E-state index is 0.122. The molecule has 6 nitrogen and oxygen atoms in total. The molecule has 4 N–H and O–H groups in total. The number of aliphatic carboxylic acids is 1. The molecule has 0 saturated heterocycles. The highest BCUT2D eigenvalue weighted by Gasteiger charge is 2.38. The molecule has 1 fully saturated rings. The van der Waals surface area contributed by atoms with Gasteiger partial charge in [0.15, 0.2) is 0 Å². The van der Waals surface area contributed by atoms with Crippen molar-refractivity contribution in [3.8, 4) is 0 Å². The van der Waals surface area contributed by atoms with Crippen molar-refractivity contribution in [1.82, 2.24) is 0 Å². The van der Waals surface area contributed by atoms with Gasteiger partial charge in [0.2, 0.25) is 0 Å². The fourth-order valence-corrected chi connectivity index (χ4v) is 3.86. The molecular formula is C23H39NO5. The summed E-state index contributed by atoms with van der Waals surface area (Å²) in [6.45, 7) is 6.27. The zero-order valence-corrected chi connectivity index (χ0v) is 18.1. The van der Waals surface area contributed by atoms with Crippen molar-refractivity contribution in [3.05, 3.63) is 24.3 Å². The van der Waals surface area contributed by atoms with Crippen molar-refractivity contribution in [2.24, 2.45) is 22.4 Å². The summed E-state index contributed by atoms with van der Waals surface area (Å²) in [5, 5.41) is 42.4. The maximum absolute atomic E-state index is 10.7. The molecule has 0 amide bonds. The molecule has 1 saturated carbocycles. The van der Waals surface area contributed by atoms with Crippen LogP contribution in [0, 0.1) is 17.3 Å². The molecule has 4 atom stereocenters. The van der Waals surface area contributed by atoms with Crippen molar-refractivity contribution in [2.45, 2.75) is 90.8 Å². The van der Waals surface area contributed by atoms with Crippen molar-refractivity contribution in [3.63, 3.8) is 0 Å². The zero-order chi connectivity index (χ0) is 21.9. The van der Waals surface area contributed by atoms with Gasteiger partial charge in [-0.25, -0.2) is 0 Å². The van der Waals surface area contributed by atoms with Gasteiger partial charge in [-0.3, -0.25) is 4.79 Å². The number of aliphatic hydroxyl groups is 2. The molecule has 0 aromatic carbocycles. The Morgan fingerprint density at radius 3 is 2.62 bits per heavy atom. The summed E-state index contributed by atoms with van der Waals surface area (Å²) in [7, 11) is 0. The molecule has 0 heterocycles. The van der Waals surface area contributed by atoms with Crippen LogP contribution in [-0.2, 0) is 4.79 Å². The van der Waals surface area contributed by atoms with E-state index in [0.29, 0.717) is 31.4 Å². The Morgan fingerprint density at radius 1 is 1.28 bits per heavy atom. The lowest BCUT2D eigenvalue weighted by atomic mass is 9.80. The van der Waals surface area contributed by atoms with Gasteiger partial charge in [-0.05, 0) is 31.1 Å². The summed E-state index contributed by atoms with van der Waals surface area (Å²) in [5.74, 6) is -1.14. The van der Waals surface area contributed by atoms with Crippen molar-refractivity contribution in [2.75, 3.05) is 0 Å². The number of aliphatic hydroxyl groups excluding tert-OH is 2. The van der Waals surface area contributed by atoms with Crippen LogP contribution in [-0.4, -0.2) is 44.4 Å². The van der Waals surface area contributed by atoms with Gasteiger partial charge < -0.3 is 20.5 Å². The van der Waals surface area contributed by atoms with E-state index in [-0.39, 0.29) is 23.7 Å². The highest BCUT2D eigenvalue weighted by molar-refractivity contribution is 5.90. The van der Waals surface area contributed by atoms with E-state index in [1.54, 1.807) is 6.08 Å². The molecule has 0 bridgehead atoms.